The maximum atomic E-state index is 12.4. The molecule has 130 valence electrons. The van der Waals surface area contributed by atoms with E-state index in [-0.39, 0.29) is 23.7 Å². The largest absolute Gasteiger partial charge is 0.480 e. The highest BCUT2D eigenvalue weighted by atomic mass is 35.5. The highest BCUT2D eigenvalue weighted by Gasteiger charge is 2.29. The van der Waals surface area contributed by atoms with Crippen LogP contribution >= 0.6 is 42.6 Å². The Morgan fingerprint density at radius 2 is 2.09 bits per heavy atom. The van der Waals surface area contributed by atoms with Crippen molar-refractivity contribution in [2.75, 3.05) is 37.2 Å². The van der Waals surface area contributed by atoms with Gasteiger partial charge >= 0.3 is 13.6 Å². The molecule has 0 saturated carbocycles. The summed E-state index contributed by atoms with van der Waals surface area (Å²) >= 11 is 12.9. The summed E-state index contributed by atoms with van der Waals surface area (Å²) in [5, 5.41) is 12.0. The number of nitrogens with zero attached hydrogens (tertiary/aromatic N) is 1. The molecule has 1 fully saturated rings. The summed E-state index contributed by atoms with van der Waals surface area (Å²) in [4.78, 5) is 11.0. The zero-order valence-electron chi connectivity index (χ0n) is 12.1. The van der Waals surface area contributed by atoms with Gasteiger partial charge in [0.25, 0.3) is 0 Å². The lowest BCUT2D eigenvalue weighted by molar-refractivity contribution is -0.139. The molecule has 0 spiro atoms. The number of rotatable bonds is 10. The SMILES string of the molecule is NP(=O)(OCCC1NC(C(=O)O)CCS1)N(CCCl)CCCl. The molecule has 0 bridgehead atoms. The molecule has 0 radical (unpaired) electrons. The second kappa shape index (κ2) is 10.4. The molecule has 0 aliphatic carbocycles. The van der Waals surface area contributed by atoms with Gasteiger partial charge in [0.05, 0.1) is 12.0 Å². The molecule has 4 N–H and O–H groups in total. The van der Waals surface area contributed by atoms with Gasteiger partial charge in [0.1, 0.15) is 6.04 Å². The Morgan fingerprint density at radius 1 is 1.45 bits per heavy atom. The second-order valence-corrected chi connectivity index (χ2v) is 8.74. The molecule has 0 aromatic rings. The van der Waals surface area contributed by atoms with Crippen LogP contribution in [0.3, 0.4) is 0 Å². The quantitative estimate of drug-likeness (QED) is 0.380. The van der Waals surface area contributed by atoms with E-state index in [1.54, 1.807) is 11.8 Å². The van der Waals surface area contributed by atoms with E-state index in [0.717, 1.165) is 5.75 Å². The molecule has 1 saturated heterocycles. The summed E-state index contributed by atoms with van der Waals surface area (Å²) in [6.45, 7) is 0.838. The first-order chi connectivity index (χ1) is 10.4. The Bertz CT molecular complexity index is 402. The number of carboxylic acids is 1. The molecule has 1 heterocycles. The number of hydrogen-bond donors (Lipinski definition) is 3. The minimum Gasteiger partial charge on any atom is -0.480 e. The van der Waals surface area contributed by atoms with Crippen molar-refractivity contribution in [1.82, 2.24) is 9.99 Å². The van der Waals surface area contributed by atoms with Crippen LogP contribution in [0.1, 0.15) is 12.8 Å². The van der Waals surface area contributed by atoms with E-state index in [9.17, 15) is 9.36 Å². The molecule has 1 rings (SSSR count). The molecular formula is C11H22Cl2N3O4PS. The first kappa shape index (κ1) is 20.5. The predicted molar refractivity (Wildman–Crippen MR) is 90.8 cm³/mol. The number of hydrogen-bond acceptors (Lipinski definition) is 5. The van der Waals surface area contributed by atoms with Crippen molar-refractivity contribution in [1.29, 1.82) is 0 Å². The molecule has 11 heteroatoms. The molecule has 3 unspecified atom stereocenters. The monoisotopic (exact) mass is 393 g/mol. The van der Waals surface area contributed by atoms with Crippen LogP contribution in [0.15, 0.2) is 0 Å². The van der Waals surface area contributed by atoms with Gasteiger partial charge in [-0.2, -0.15) is 0 Å². The zero-order valence-corrected chi connectivity index (χ0v) is 15.3. The van der Waals surface area contributed by atoms with Gasteiger partial charge < -0.3 is 9.63 Å². The average molecular weight is 394 g/mol. The van der Waals surface area contributed by atoms with Crippen molar-refractivity contribution < 1.29 is 19.0 Å². The Hall–Kier alpha value is 0.470. The number of nitrogens with one attached hydrogen (secondary N) is 1. The summed E-state index contributed by atoms with van der Waals surface area (Å²) in [7, 11) is -3.43. The highest BCUT2D eigenvalue weighted by molar-refractivity contribution is 7.99. The van der Waals surface area contributed by atoms with Crippen molar-refractivity contribution in [3.63, 3.8) is 0 Å². The van der Waals surface area contributed by atoms with Gasteiger partial charge in [-0.05, 0) is 18.6 Å². The lowest BCUT2D eigenvalue weighted by Gasteiger charge is -2.30. The van der Waals surface area contributed by atoms with Gasteiger partial charge in [-0.25, -0.2) is 10.2 Å². The number of carbonyl (C=O) groups is 1. The van der Waals surface area contributed by atoms with Crippen LogP contribution in [0.4, 0.5) is 0 Å². The van der Waals surface area contributed by atoms with Crippen LogP contribution in [-0.4, -0.2) is 64.4 Å². The molecule has 0 amide bonds. The number of carboxylic acid groups (broad SMARTS) is 1. The fraction of sp³-hybridized carbons (Fsp3) is 0.909. The summed E-state index contributed by atoms with van der Waals surface area (Å²) in [5.74, 6) is 0.467. The Labute approximate surface area is 144 Å². The fourth-order valence-electron chi connectivity index (χ4n) is 2.00. The number of thioether (sulfide) groups is 1. The molecule has 0 aromatic carbocycles. The van der Waals surface area contributed by atoms with Gasteiger partial charge in [-0.3, -0.25) is 14.7 Å². The minimum atomic E-state index is -3.43. The molecule has 22 heavy (non-hydrogen) atoms. The number of aliphatic carboxylic acids is 1. The first-order valence-corrected chi connectivity index (χ1v) is 10.7. The van der Waals surface area contributed by atoms with Crippen molar-refractivity contribution in [2.24, 2.45) is 5.50 Å². The smallest absolute Gasteiger partial charge is 0.340 e. The van der Waals surface area contributed by atoms with Crippen LogP contribution in [0.2, 0.25) is 0 Å². The van der Waals surface area contributed by atoms with E-state index in [4.69, 9.17) is 38.3 Å². The van der Waals surface area contributed by atoms with Gasteiger partial charge in [-0.15, -0.1) is 35.0 Å². The lowest BCUT2D eigenvalue weighted by Crippen LogP contribution is -2.46. The van der Waals surface area contributed by atoms with Crippen LogP contribution in [-0.2, 0) is 13.9 Å². The van der Waals surface area contributed by atoms with Gasteiger partial charge in [-0.1, -0.05) is 0 Å². The maximum absolute atomic E-state index is 12.4. The summed E-state index contributed by atoms with van der Waals surface area (Å²) in [6, 6.07) is -0.542. The standard InChI is InChI=1S/C11H22Cl2N3O4PS/c12-3-5-16(6-4-13)21(14,19)20-7-1-10-15-9(11(17)18)2-8-22-10/h9-10,15H,1-8H2,(H2,14,19)(H,17,18). The molecular weight excluding hydrogens is 372 g/mol. The maximum Gasteiger partial charge on any atom is 0.340 e. The third-order valence-electron chi connectivity index (χ3n) is 3.15. The van der Waals surface area contributed by atoms with Crippen LogP contribution < -0.4 is 10.8 Å². The normalized spacial score (nSPS) is 25.1. The van der Waals surface area contributed by atoms with Gasteiger partial charge in [0.15, 0.2) is 0 Å². The Morgan fingerprint density at radius 3 is 2.64 bits per heavy atom. The second-order valence-electron chi connectivity index (χ2n) is 4.72. The van der Waals surface area contributed by atoms with Crippen LogP contribution in [0.5, 0.6) is 0 Å². The third kappa shape index (κ3) is 6.93. The summed E-state index contributed by atoms with van der Waals surface area (Å²) in [5.41, 5.74) is 5.74. The Balaban J connectivity index is 2.41. The third-order valence-corrected chi connectivity index (χ3v) is 6.47. The van der Waals surface area contributed by atoms with E-state index >= 15 is 0 Å². The van der Waals surface area contributed by atoms with E-state index in [1.807, 2.05) is 0 Å². The average Bonchev–Trinajstić information content (AvgIpc) is 2.47. The van der Waals surface area contributed by atoms with E-state index in [1.165, 1.54) is 4.67 Å². The molecule has 3 atom stereocenters. The van der Waals surface area contributed by atoms with Crippen LogP contribution in [0.25, 0.3) is 0 Å². The highest BCUT2D eigenvalue weighted by Crippen LogP contribution is 2.42. The summed E-state index contributed by atoms with van der Waals surface area (Å²) in [6.07, 6.45) is 1.11. The number of nitrogens with two attached hydrogens (primary N) is 1. The van der Waals surface area contributed by atoms with Gasteiger partial charge in [0.2, 0.25) is 0 Å². The van der Waals surface area contributed by atoms with Crippen LogP contribution in [0, 0.1) is 0 Å². The van der Waals surface area contributed by atoms with E-state index in [2.05, 4.69) is 5.32 Å². The van der Waals surface area contributed by atoms with E-state index in [0.29, 0.717) is 25.9 Å². The topological polar surface area (TPSA) is 105 Å². The van der Waals surface area contributed by atoms with E-state index < -0.39 is 19.7 Å². The Kier molecular flexibility index (Phi) is 9.66. The zero-order chi connectivity index (χ0) is 16.6. The fourth-order valence-corrected chi connectivity index (χ4v) is 5.11. The predicted octanol–water partition coefficient (Wildman–Crippen LogP) is 1.75. The van der Waals surface area contributed by atoms with Crippen molar-refractivity contribution in [3.8, 4) is 0 Å². The van der Waals surface area contributed by atoms with Crippen molar-refractivity contribution in [2.45, 2.75) is 24.3 Å². The molecule has 1 aliphatic rings. The van der Waals surface area contributed by atoms with Crippen molar-refractivity contribution >= 4 is 48.6 Å². The molecule has 1 aliphatic heterocycles. The number of halogens is 2. The summed E-state index contributed by atoms with van der Waals surface area (Å²) < 4.78 is 19.1. The minimum absolute atomic E-state index is 0.0515. The lowest BCUT2D eigenvalue weighted by atomic mass is 10.2. The molecule has 0 aromatic heterocycles. The van der Waals surface area contributed by atoms with Gasteiger partial charge in [0, 0.05) is 24.8 Å². The number of alkyl halides is 2. The van der Waals surface area contributed by atoms with Crippen molar-refractivity contribution in [3.05, 3.63) is 0 Å². The first-order valence-electron chi connectivity index (χ1n) is 6.91. The molecule has 7 nitrogen and oxygen atoms in total.